The number of fused-ring (bicyclic) bond motifs is 1. The smallest absolute Gasteiger partial charge is 0.260 e. The molecule has 0 aromatic carbocycles. The minimum Gasteiger partial charge on any atom is -0.313 e. The summed E-state index contributed by atoms with van der Waals surface area (Å²) in [5.41, 5.74) is 2.96. The molecule has 0 bridgehead atoms. The summed E-state index contributed by atoms with van der Waals surface area (Å²) in [6, 6.07) is 7.19. The van der Waals surface area contributed by atoms with Crippen LogP contribution >= 0.6 is 11.6 Å². The first-order valence-electron chi connectivity index (χ1n) is 8.98. The molecule has 28 heavy (non-hydrogen) atoms. The summed E-state index contributed by atoms with van der Waals surface area (Å²) in [7, 11) is 3.91. The third-order valence-electron chi connectivity index (χ3n) is 4.63. The topological polar surface area (TPSA) is 80.0 Å². The van der Waals surface area contributed by atoms with E-state index in [1.165, 1.54) is 0 Å². The quantitative estimate of drug-likeness (QED) is 0.616. The number of hydrogen-bond acceptors (Lipinski definition) is 6. The average molecular weight is 398 g/mol. The van der Waals surface area contributed by atoms with Crippen molar-refractivity contribution in [2.45, 2.75) is 26.6 Å². The lowest BCUT2D eigenvalue weighted by Crippen LogP contribution is -2.24. The van der Waals surface area contributed by atoms with Crippen molar-refractivity contribution >= 4 is 23.3 Å². The normalized spacial score (nSPS) is 13.5. The third kappa shape index (κ3) is 3.25. The van der Waals surface area contributed by atoms with Gasteiger partial charge in [-0.25, -0.2) is 9.97 Å². The number of anilines is 1. The Morgan fingerprint density at radius 2 is 2.07 bits per heavy atom. The van der Waals surface area contributed by atoms with E-state index in [-0.39, 0.29) is 5.91 Å². The Morgan fingerprint density at radius 3 is 2.82 bits per heavy atom. The first-order valence-corrected chi connectivity index (χ1v) is 9.36. The molecule has 3 aromatic rings. The number of rotatable bonds is 5. The van der Waals surface area contributed by atoms with Gasteiger partial charge in [-0.3, -0.25) is 9.69 Å². The van der Waals surface area contributed by atoms with Crippen molar-refractivity contribution in [2.75, 3.05) is 19.0 Å². The summed E-state index contributed by atoms with van der Waals surface area (Å²) in [4.78, 5) is 25.8. The highest BCUT2D eigenvalue weighted by Crippen LogP contribution is 2.31. The lowest BCUT2D eigenvalue weighted by atomic mass is 10.1. The fourth-order valence-electron chi connectivity index (χ4n) is 3.33. The highest BCUT2D eigenvalue weighted by atomic mass is 35.5. The Bertz CT molecular complexity index is 1050. The summed E-state index contributed by atoms with van der Waals surface area (Å²) in [5.74, 6) is 1.11. The molecule has 8 nitrogen and oxygen atoms in total. The van der Waals surface area contributed by atoms with E-state index >= 15 is 0 Å². The number of halogens is 1. The zero-order valence-corrected chi connectivity index (χ0v) is 16.7. The number of aromatic nitrogens is 5. The molecule has 4 rings (SSSR count). The van der Waals surface area contributed by atoms with Crippen LogP contribution in [0.5, 0.6) is 0 Å². The fraction of sp³-hybridized carbons (Fsp3) is 0.316. The van der Waals surface area contributed by atoms with Crippen LogP contribution in [0, 0.1) is 0 Å². The van der Waals surface area contributed by atoms with Crippen molar-refractivity contribution < 1.29 is 4.79 Å². The molecule has 1 aliphatic heterocycles. The van der Waals surface area contributed by atoms with Crippen molar-refractivity contribution in [2.24, 2.45) is 0 Å². The van der Waals surface area contributed by atoms with Gasteiger partial charge in [0.05, 0.1) is 12.2 Å². The predicted molar refractivity (Wildman–Crippen MR) is 106 cm³/mol. The van der Waals surface area contributed by atoms with Gasteiger partial charge in [0.2, 0.25) is 0 Å². The third-order valence-corrected chi connectivity index (χ3v) is 4.83. The van der Waals surface area contributed by atoms with Crippen LogP contribution in [-0.4, -0.2) is 49.6 Å². The van der Waals surface area contributed by atoms with E-state index < -0.39 is 0 Å². The fourth-order valence-corrected chi connectivity index (χ4v) is 3.54. The molecule has 0 radical (unpaired) electrons. The van der Waals surface area contributed by atoms with Crippen LogP contribution in [0.2, 0.25) is 5.15 Å². The Balaban J connectivity index is 1.71. The number of carbonyl (C=O) groups excluding carboxylic acids is 1. The predicted octanol–water partition coefficient (Wildman–Crippen LogP) is 2.63. The summed E-state index contributed by atoms with van der Waals surface area (Å²) in [6.45, 7) is 3.77. The number of aryl methyl sites for hydroxylation is 1. The molecule has 4 heterocycles. The minimum atomic E-state index is -0.124. The Morgan fingerprint density at radius 1 is 1.25 bits per heavy atom. The van der Waals surface area contributed by atoms with E-state index in [4.69, 9.17) is 11.6 Å². The molecule has 0 N–H and O–H groups in total. The number of hydrogen-bond donors (Lipinski definition) is 0. The summed E-state index contributed by atoms with van der Waals surface area (Å²) < 4.78 is 1.91. The Hall–Kier alpha value is -2.84. The molecule has 0 atom stereocenters. The van der Waals surface area contributed by atoms with E-state index in [1.54, 1.807) is 17.3 Å². The van der Waals surface area contributed by atoms with Crippen LogP contribution in [0.1, 0.15) is 28.5 Å². The first-order chi connectivity index (χ1) is 13.5. The molecule has 0 saturated carbocycles. The molecule has 144 valence electrons. The number of carbonyl (C=O) groups is 1. The van der Waals surface area contributed by atoms with E-state index in [1.807, 2.05) is 48.7 Å². The second-order valence-corrected chi connectivity index (χ2v) is 7.26. The molecule has 0 unspecified atom stereocenters. The van der Waals surface area contributed by atoms with Gasteiger partial charge >= 0.3 is 0 Å². The molecule has 0 aliphatic carbocycles. The molecule has 0 spiro atoms. The highest BCUT2D eigenvalue weighted by Gasteiger charge is 2.32. The summed E-state index contributed by atoms with van der Waals surface area (Å²) in [6.07, 6.45) is 1.67. The zero-order chi connectivity index (χ0) is 19.8. The second kappa shape index (κ2) is 7.29. The van der Waals surface area contributed by atoms with Gasteiger partial charge in [-0.1, -0.05) is 17.7 Å². The second-order valence-electron chi connectivity index (χ2n) is 6.87. The largest absolute Gasteiger partial charge is 0.313 e. The minimum absolute atomic E-state index is 0.124. The van der Waals surface area contributed by atoms with Crippen LogP contribution in [0.3, 0.4) is 0 Å². The van der Waals surface area contributed by atoms with Crippen LogP contribution in [-0.2, 0) is 19.6 Å². The highest BCUT2D eigenvalue weighted by molar-refractivity contribution is 6.30. The van der Waals surface area contributed by atoms with Crippen LogP contribution < -0.4 is 4.90 Å². The van der Waals surface area contributed by atoms with E-state index in [9.17, 15) is 4.79 Å². The van der Waals surface area contributed by atoms with Crippen molar-refractivity contribution in [1.29, 1.82) is 0 Å². The van der Waals surface area contributed by atoms with Gasteiger partial charge in [0, 0.05) is 24.2 Å². The molecular formula is C19H20ClN7O. The van der Waals surface area contributed by atoms with Crippen molar-refractivity contribution in [3.05, 3.63) is 52.6 Å². The summed E-state index contributed by atoms with van der Waals surface area (Å²) >= 11 is 6.16. The lowest BCUT2D eigenvalue weighted by Gasteiger charge is -2.16. The number of nitrogens with zero attached hydrogens (tertiary/aromatic N) is 7. The van der Waals surface area contributed by atoms with Gasteiger partial charge < -0.3 is 9.47 Å². The lowest BCUT2D eigenvalue weighted by molar-refractivity contribution is 0.0996. The first kappa shape index (κ1) is 18.5. The average Bonchev–Trinajstić information content (AvgIpc) is 3.26. The maximum atomic E-state index is 13.1. The van der Waals surface area contributed by atoms with E-state index in [2.05, 4.69) is 20.2 Å². The van der Waals surface area contributed by atoms with Crippen molar-refractivity contribution in [3.8, 4) is 11.5 Å². The molecule has 0 saturated heterocycles. The van der Waals surface area contributed by atoms with Crippen molar-refractivity contribution in [3.63, 3.8) is 0 Å². The van der Waals surface area contributed by atoms with Crippen LogP contribution in [0.4, 0.5) is 5.82 Å². The van der Waals surface area contributed by atoms with Gasteiger partial charge in [-0.2, -0.15) is 0 Å². The monoisotopic (exact) mass is 397 g/mol. The SMILES string of the molecule is CCn1cnnc1-c1cccc(N2Cc3c(cc(Cl)nc3CN(C)C)C2=O)n1. The van der Waals surface area contributed by atoms with E-state index in [0.717, 1.165) is 17.8 Å². The van der Waals surface area contributed by atoms with Gasteiger partial charge in [-0.15, -0.1) is 10.2 Å². The van der Waals surface area contributed by atoms with Crippen LogP contribution in [0.15, 0.2) is 30.6 Å². The standard InChI is InChI=1S/C19H20ClN7O/c1-4-26-11-21-24-18(26)14-6-5-7-17(23-14)27-9-13-12(19(27)28)8-16(20)22-15(13)10-25(2)3/h5-8,11H,4,9-10H2,1-3H3. The van der Waals surface area contributed by atoms with E-state index in [0.29, 0.717) is 41.1 Å². The number of amides is 1. The van der Waals surface area contributed by atoms with Gasteiger partial charge in [-0.05, 0) is 39.2 Å². The van der Waals surface area contributed by atoms with Crippen molar-refractivity contribution in [1.82, 2.24) is 29.6 Å². The van der Waals surface area contributed by atoms with Crippen LogP contribution in [0.25, 0.3) is 11.5 Å². The molecular weight excluding hydrogens is 378 g/mol. The molecule has 1 aliphatic rings. The maximum Gasteiger partial charge on any atom is 0.260 e. The molecule has 0 fully saturated rings. The Labute approximate surface area is 167 Å². The Kier molecular flexibility index (Phi) is 4.82. The van der Waals surface area contributed by atoms with Gasteiger partial charge in [0.1, 0.15) is 23.0 Å². The molecule has 3 aromatic heterocycles. The molecule has 1 amide bonds. The zero-order valence-electron chi connectivity index (χ0n) is 15.9. The maximum absolute atomic E-state index is 13.1. The van der Waals surface area contributed by atoms with Gasteiger partial charge in [0.25, 0.3) is 5.91 Å². The summed E-state index contributed by atoms with van der Waals surface area (Å²) in [5, 5.41) is 8.44. The number of pyridine rings is 2. The molecule has 9 heteroatoms. The van der Waals surface area contributed by atoms with Gasteiger partial charge in [0.15, 0.2) is 5.82 Å².